The van der Waals surface area contributed by atoms with Crippen molar-refractivity contribution in [1.29, 1.82) is 0 Å². The summed E-state index contributed by atoms with van der Waals surface area (Å²) in [4.78, 5) is 13.1. The summed E-state index contributed by atoms with van der Waals surface area (Å²) in [7, 11) is -3.65. The highest BCUT2D eigenvalue weighted by molar-refractivity contribution is 7.89. The number of sulfonamides is 1. The number of nitrogens with one attached hydrogen (secondary N) is 1. The molecule has 138 valence electrons. The van der Waals surface area contributed by atoms with E-state index < -0.39 is 16.1 Å². The molecule has 0 unspecified atom stereocenters. The molecule has 1 atom stereocenters. The lowest BCUT2D eigenvalue weighted by molar-refractivity contribution is -0.125. The zero-order valence-corrected chi connectivity index (χ0v) is 15.9. The van der Waals surface area contributed by atoms with Crippen LogP contribution in [0.25, 0.3) is 0 Å². The Bertz CT molecular complexity index is 739. The number of carbonyl (C=O) groups excluding carboxylic acids is 1. The monoisotopic (exact) mass is 364 g/mol. The van der Waals surface area contributed by atoms with Crippen LogP contribution in [0.5, 0.6) is 0 Å². The lowest BCUT2D eigenvalue weighted by Gasteiger charge is -2.28. The minimum Gasteiger partial charge on any atom is -0.352 e. The fraction of sp³-hybridized carbons (Fsp3) is 0.632. The van der Waals surface area contributed by atoms with Gasteiger partial charge in [-0.3, -0.25) is 4.79 Å². The standard InChI is InChI=1S/C19H28N2O3S/c1-14-10-11-15(2)18(13-14)25(23,24)21-12-6-9-17(21)19(22)20-16-7-4-3-5-8-16/h10-11,13,16-17H,3-9,12H2,1-2H3,(H,20,22)/t17-/m1/s1. The summed E-state index contributed by atoms with van der Waals surface area (Å²) in [5.74, 6) is -0.127. The van der Waals surface area contributed by atoms with Crippen molar-refractivity contribution in [2.75, 3.05) is 6.54 Å². The fourth-order valence-corrected chi connectivity index (χ4v) is 5.91. The van der Waals surface area contributed by atoms with E-state index in [1.165, 1.54) is 10.7 Å². The third-order valence-corrected chi connectivity index (χ3v) is 7.44. The van der Waals surface area contributed by atoms with Crippen LogP contribution in [0, 0.1) is 13.8 Å². The van der Waals surface area contributed by atoms with Gasteiger partial charge in [-0.05, 0) is 56.7 Å². The van der Waals surface area contributed by atoms with E-state index in [0.29, 0.717) is 17.9 Å². The molecular formula is C19H28N2O3S. The molecule has 25 heavy (non-hydrogen) atoms. The van der Waals surface area contributed by atoms with Crippen molar-refractivity contribution in [1.82, 2.24) is 9.62 Å². The van der Waals surface area contributed by atoms with Gasteiger partial charge in [-0.25, -0.2) is 8.42 Å². The SMILES string of the molecule is Cc1ccc(C)c(S(=O)(=O)N2CCC[C@@H]2C(=O)NC2CCCCC2)c1. The van der Waals surface area contributed by atoms with Gasteiger partial charge in [-0.15, -0.1) is 0 Å². The molecule has 1 aliphatic carbocycles. The van der Waals surface area contributed by atoms with Crippen molar-refractivity contribution in [2.24, 2.45) is 0 Å². The molecule has 3 rings (SSSR count). The van der Waals surface area contributed by atoms with E-state index in [0.717, 1.165) is 43.2 Å². The summed E-state index contributed by atoms with van der Waals surface area (Å²) < 4.78 is 27.7. The first kappa shape index (κ1) is 18.4. The zero-order valence-electron chi connectivity index (χ0n) is 15.1. The van der Waals surface area contributed by atoms with Crippen molar-refractivity contribution in [3.05, 3.63) is 29.3 Å². The van der Waals surface area contributed by atoms with Crippen LogP contribution in [-0.2, 0) is 14.8 Å². The number of nitrogens with zero attached hydrogens (tertiary/aromatic N) is 1. The van der Waals surface area contributed by atoms with Crippen LogP contribution < -0.4 is 5.32 Å². The number of hydrogen-bond donors (Lipinski definition) is 1. The molecule has 1 amide bonds. The topological polar surface area (TPSA) is 66.5 Å². The molecule has 0 radical (unpaired) electrons. The number of carbonyl (C=O) groups is 1. The van der Waals surface area contributed by atoms with E-state index in [1.807, 2.05) is 19.1 Å². The summed E-state index contributed by atoms with van der Waals surface area (Å²) in [5.41, 5.74) is 1.63. The van der Waals surface area contributed by atoms with Crippen LogP contribution in [0.1, 0.15) is 56.1 Å². The minimum absolute atomic E-state index is 0.127. The number of amides is 1. The maximum absolute atomic E-state index is 13.2. The molecule has 1 aromatic rings. The summed E-state index contributed by atoms with van der Waals surface area (Å²) in [6.45, 7) is 4.10. The van der Waals surface area contributed by atoms with Gasteiger partial charge in [0.25, 0.3) is 0 Å². The summed E-state index contributed by atoms with van der Waals surface area (Å²) >= 11 is 0. The fourth-order valence-electron chi connectivity index (χ4n) is 3.95. The van der Waals surface area contributed by atoms with Crippen LogP contribution in [0.3, 0.4) is 0 Å². The Labute approximate surface area is 150 Å². The Balaban J connectivity index is 1.80. The molecule has 1 saturated heterocycles. The molecule has 2 fully saturated rings. The lowest BCUT2D eigenvalue weighted by Crippen LogP contribution is -2.49. The molecule has 2 aliphatic rings. The Morgan fingerprint density at radius 2 is 1.80 bits per heavy atom. The van der Waals surface area contributed by atoms with E-state index in [4.69, 9.17) is 0 Å². The van der Waals surface area contributed by atoms with Gasteiger partial charge in [-0.2, -0.15) is 4.31 Å². The van der Waals surface area contributed by atoms with Crippen LogP contribution in [0.15, 0.2) is 23.1 Å². The number of aryl methyl sites for hydroxylation is 2. The first-order valence-electron chi connectivity index (χ1n) is 9.29. The highest BCUT2D eigenvalue weighted by Gasteiger charge is 2.40. The smallest absolute Gasteiger partial charge is 0.244 e. The third kappa shape index (κ3) is 3.90. The molecule has 0 aromatic heterocycles. The average molecular weight is 365 g/mol. The zero-order chi connectivity index (χ0) is 18.0. The predicted molar refractivity (Wildman–Crippen MR) is 97.8 cm³/mol. The third-order valence-electron chi connectivity index (χ3n) is 5.39. The second-order valence-corrected chi connectivity index (χ2v) is 9.25. The van der Waals surface area contributed by atoms with Crippen LogP contribution in [0.4, 0.5) is 0 Å². The van der Waals surface area contributed by atoms with E-state index in [-0.39, 0.29) is 11.9 Å². The van der Waals surface area contributed by atoms with Gasteiger partial charge < -0.3 is 5.32 Å². The normalized spacial score (nSPS) is 22.9. The highest BCUT2D eigenvalue weighted by atomic mass is 32.2. The quantitative estimate of drug-likeness (QED) is 0.893. The summed E-state index contributed by atoms with van der Waals surface area (Å²) in [6, 6.07) is 5.07. The Morgan fingerprint density at radius 3 is 2.52 bits per heavy atom. The van der Waals surface area contributed by atoms with Crippen LogP contribution in [-0.4, -0.2) is 37.3 Å². The van der Waals surface area contributed by atoms with Crippen molar-refractivity contribution >= 4 is 15.9 Å². The molecule has 1 aromatic carbocycles. The molecule has 0 spiro atoms. The van der Waals surface area contributed by atoms with Gasteiger partial charge in [0.15, 0.2) is 0 Å². The maximum Gasteiger partial charge on any atom is 0.244 e. The summed E-state index contributed by atoms with van der Waals surface area (Å²) in [6.07, 6.45) is 6.84. The number of benzene rings is 1. The van der Waals surface area contributed by atoms with Crippen molar-refractivity contribution in [3.63, 3.8) is 0 Å². The molecular weight excluding hydrogens is 336 g/mol. The van der Waals surface area contributed by atoms with Crippen molar-refractivity contribution < 1.29 is 13.2 Å². The number of rotatable bonds is 4. The minimum atomic E-state index is -3.65. The highest BCUT2D eigenvalue weighted by Crippen LogP contribution is 2.29. The lowest BCUT2D eigenvalue weighted by atomic mass is 9.95. The maximum atomic E-state index is 13.2. The van der Waals surface area contributed by atoms with Gasteiger partial charge in [-0.1, -0.05) is 31.4 Å². The van der Waals surface area contributed by atoms with Gasteiger partial charge in [0.1, 0.15) is 6.04 Å². The van der Waals surface area contributed by atoms with Crippen LogP contribution >= 0.6 is 0 Å². The molecule has 6 heteroatoms. The Hall–Kier alpha value is -1.40. The van der Waals surface area contributed by atoms with Crippen LogP contribution in [0.2, 0.25) is 0 Å². The van der Waals surface area contributed by atoms with Gasteiger partial charge >= 0.3 is 0 Å². The average Bonchev–Trinajstić information content (AvgIpc) is 3.08. The van der Waals surface area contributed by atoms with Gasteiger partial charge in [0, 0.05) is 12.6 Å². The largest absolute Gasteiger partial charge is 0.352 e. The molecule has 1 N–H and O–H groups in total. The summed E-state index contributed by atoms with van der Waals surface area (Å²) in [5, 5.41) is 3.10. The first-order valence-corrected chi connectivity index (χ1v) is 10.7. The molecule has 1 aliphatic heterocycles. The second-order valence-electron chi connectivity index (χ2n) is 7.39. The van der Waals surface area contributed by atoms with Gasteiger partial charge in [0.2, 0.25) is 15.9 Å². The molecule has 1 heterocycles. The van der Waals surface area contributed by atoms with E-state index in [1.54, 1.807) is 13.0 Å². The first-order chi connectivity index (χ1) is 11.9. The van der Waals surface area contributed by atoms with Crippen molar-refractivity contribution in [3.8, 4) is 0 Å². The van der Waals surface area contributed by atoms with E-state index in [9.17, 15) is 13.2 Å². The Kier molecular flexibility index (Phi) is 5.49. The molecule has 0 bridgehead atoms. The second kappa shape index (κ2) is 7.46. The van der Waals surface area contributed by atoms with E-state index >= 15 is 0 Å². The Morgan fingerprint density at radius 1 is 1.08 bits per heavy atom. The number of hydrogen-bond acceptors (Lipinski definition) is 3. The molecule has 1 saturated carbocycles. The van der Waals surface area contributed by atoms with E-state index in [2.05, 4.69) is 5.32 Å². The van der Waals surface area contributed by atoms with Crippen molar-refractivity contribution in [2.45, 2.75) is 75.8 Å². The molecule has 5 nitrogen and oxygen atoms in total. The predicted octanol–water partition coefficient (Wildman–Crippen LogP) is 2.91. The van der Waals surface area contributed by atoms with Gasteiger partial charge in [0.05, 0.1) is 4.90 Å².